The van der Waals surface area contributed by atoms with Gasteiger partial charge in [0.05, 0.1) is 13.2 Å². The molecule has 0 bridgehead atoms. The Hall–Kier alpha value is -1.10. The molecule has 18 heavy (non-hydrogen) atoms. The molecular weight excluding hydrogens is 232 g/mol. The lowest BCUT2D eigenvalue weighted by molar-refractivity contribution is -0.145. The zero-order valence-corrected chi connectivity index (χ0v) is 11.5. The molecule has 1 rings (SSSR count). The lowest BCUT2D eigenvalue weighted by Gasteiger charge is -2.25. The third kappa shape index (κ3) is 4.64. The van der Waals surface area contributed by atoms with Gasteiger partial charge in [0.25, 0.3) is 0 Å². The van der Waals surface area contributed by atoms with Crippen molar-refractivity contribution in [1.82, 2.24) is 10.6 Å². The molecule has 0 aliphatic carbocycles. The summed E-state index contributed by atoms with van der Waals surface area (Å²) >= 11 is 0. The van der Waals surface area contributed by atoms with Crippen LogP contribution in [0, 0.1) is 5.92 Å². The van der Waals surface area contributed by atoms with Gasteiger partial charge in [0.1, 0.15) is 6.04 Å². The third-order valence-corrected chi connectivity index (χ3v) is 3.14. The molecule has 104 valence electrons. The number of amides is 1. The maximum Gasteiger partial charge on any atom is 0.328 e. The summed E-state index contributed by atoms with van der Waals surface area (Å²) in [6.45, 7) is 4.90. The second-order valence-corrected chi connectivity index (χ2v) is 5.22. The molecule has 2 atom stereocenters. The summed E-state index contributed by atoms with van der Waals surface area (Å²) in [5.41, 5.74) is 0. The van der Waals surface area contributed by atoms with Crippen LogP contribution < -0.4 is 10.6 Å². The molecule has 0 spiro atoms. The molecule has 0 aromatic heterocycles. The number of esters is 1. The van der Waals surface area contributed by atoms with Gasteiger partial charge in [-0.25, -0.2) is 4.79 Å². The number of carbonyl (C=O) groups is 2. The predicted molar refractivity (Wildman–Crippen MR) is 69.0 cm³/mol. The first-order valence-electron chi connectivity index (χ1n) is 6.66. The van der Waals surface area contributed by atoms with E-state index in [1.807, 2.05) is 13.8 Å². The lowest BCUT2D eigenvalue weighted by Crippen LogP contribution is -2.52. The summed E-state index contributed by atoms with van der Waals surface area (Å²) in [4.78, 5) is 23.6. The van der Waals surface area contributed by atoms with Crippen molar-refractivity contribution in [2.75, 3.05) is 13.7 Å². The monoisotopic (exact) mass is 256 g/mol. The quantitative estimate of drug-likeness (QED) is 0.715. The average Bonchev–Trinajstić information content (AvgIpc) is 2.37. The van der Waals surface area contributed by atoms with E-state index in [0.717, 1.165) is 25.8 Å². The standard InChI is InChI=1S/C13H24N2O3/c1-9(2)8-11(13(17)18-3)15-12(16)10-6-4-5-7-14-10/h9-11,14H,4-8H2,1-3H3,(H,15,16)/t10?,11-/m0/s1. The number of methoxy groups -OCH3 is 1. The summed E-state index contributed by atoms with van der Waals surface area (Å²) in [5.74, 6) is -0.132. The molecule has 1 aliphatic heterocycles. The predicted octanol–water partition coefficient (Wildman–Crippen LogP) is 0.832. The minimum atomic E-state index is -0.536. The highest BCUT2D eigenvalue weighted by Gasteiger charge is 2.27. The number of hydrogen-bond donors (Lipinski definition) is 2. The van der Waals surface area contributed by atoms with Gasteiger partial charge in [-0.1, -0.05) is 20.3 Å². The van der Waals surface area contributed by atoms with E-state index in [0.29, 0.717) is 12.3 Å². The van der Waals surface area contributed by atoms with E-state index in [1.54, 1.807) is 0 Å². The Morgan fingerprint density at radius 2 is 2.11 bits per heavy atom. The lowest BCUT2D eigenvalue weighted by atomic mass is 10.0. The van der Waals surface area contributed by atoms with Crippen molar-refractivity contribution in [2.24, 2.45) is 5.92 Å². The Bertz CT molecular complexity index is 286. The van der Waals surface area contributed by atoms with Crippen LogP contribution in [0.4, 0.5) is 0 Å². The van der Waals surface area contributed by atoms with Crippen LogP contribution in [0.5, 0.6) is 0 Å². The zero-order valence-electron chi connectivity index (χ0n) is 11.5. The molecule has 5 heteroatoms. The molecule has 1 heterocycles. The van der Waals surface area contributed by atoms with Crippen LogP contribution in [-0.2, 0) is 14.3 Å². The number of ether oxygens (including phenoxy) is 1. The largest absolute Gasteiger partial charge is 0.467 e. The number of piperidine rings is 1. The molecule has 1 fully saturated rings. The number of nitrogens with one attached hydrogen (secondary N) is 2. The van der Waals surface area contributed by atoms with Gasteiger partial charge in [-0.2, -0.15) is 0 Å². The molecular formula is C13H24N2O3. The first-order valence-corrected chi connectivity index (χ1v) is 6.66. The van der Waals surface area contributed by atoms with E-state index >= 15 is 0 Å². The highest BCUT2D eigenvalue weighted by atomic mass is 16.5. The number of hydrogen-bond acceptors (Lipinski definition) is 4. The van der Waals surface area contributed by atoms with Crippen LogP contribution in [0.2, 0.25) is 0 Å². The fourth-order valence-corrected chi connectivity index (χ4v) is 2.18. The molecule has 0 aromatic carbocycles. The van der Waals surface area contributed by atoms with Gasteiger partial charge in [0.15, 0.2) is 0 Å². The normalized spacial score (nSPS) is 21.4. The first-order chi connectivity index (χ1) is 8.54. The van der Waals surface area contributed by atoms with Crippen molar-refractivity contribution < 1.29 is 14.3 Å². The summed E-state index contributed by atoms with van der Waals surface area (Å²) in [7, 11) is 1.35. The van der Waals surface area contributed by atoms with Crippen molar-refractivity contribution in [3.05, 3.63) is 0 Å². The van der Waals surface area contributed by atoms with Crippen LogP contribution in [0.25, 0.3) is 0 Å². The van der Waals surface area contributed by atoms with Gasteiger partial charge < -0.3 is 15.4 Å². The minimum absolute atomic E-state index is 0.0919. The molecule has 0 saturated carbocycles. The maximum absolute atomic E-state index is 12.0. The molecule has 1 saturated heterocycles. The fourth-order valence-electron chi connectivity index (χ4n) is 2.18. The molecule has 0 radical (unpaired) electrons. The van der Waals surface area contributed by atoms with Crippen LogP contribution in [-0.4, -0.2) is 37.6 Å². The second-order valence-electron chi connectivity index (χ2n) is 5.22. The van der Waals surface area contributed by atoms with E-state index in [1.165, 1.54) is 7.11 Å². The van der Waals surface area contributed by atoms with Crippen LogP contribution in [0.3, 0.4) is 0 Å². The smallest absolute Gasteiger partial charge is 0.328 e. The molecule has 1 unspecified atom stereocenters. The highest BCUT2D eigenvalue weighted by Crippen LogP contribution is 2.10. The Kier molecular flexibility index (Phi) is 6.12. The van der Waals surface area contributed by atoms with Crippen LogP contribution in [0.1, 0.15) is 39.5 Å². The van der Waals surface area contributed by atoms with Gasteiger partial charge in [-0.15, -0.1) is 0 Å². The molecule has 5 nitrogen and oxygen atoms in total. The SMILES string of the molecule is COC(=O)[C@H](CC(C)C)NC(=O)C1CCCCN1. The topological polar surface area (TPSA) is 67.4 Å². The Morgan fingerprint density at radius 3 is 2.61 bits per heavy atom. The van der Waals surface area contributed by atoms with Gasteiger partial charge in [-0.05, 0) is 31.7 Å². The van der Waals surface area contributed by atoms with Crippen molar-refractivity contribution in [1.29, 1.82) is 0 Å². The van der Waals surface area contributed by atoms with Crippen LogP contribution >= 0.6 is 0 Å². The van der Waals surface area contributed by atoms with E-state index in [-0.39, 0.29) is 17.9 Å². The van der Waals surface area contributed by atoms with Crippen molar-refractivity contribution in [3.63, 3.8) is 0 Å². The van der Waals surface area contributed by atoms with Crippen LogP contribution in [0.15, 0.2) is 0 Å². The van der Waals surface area contributed by atoms with Crippen molar-refractivity contribution >= 4 is 11.9 Å². The van der Waals surface area contributed by atoms with Crippen molar-refractivity contribution in [3.8, 4) is 0 Å². The zero-order chi connectivity index (χ0) is 13.5. The first kappa shape index (κ1) is 15.0. The Balaban J connectivity index is 2.52. The Labute approximate surface area is 109 Å². The number of rotatable bonds is 5. The summed E-state index contributed by atoms with van der Waals surface area (Å²) in [6, 6.07) is -0.704. The minimum Gasteiger partial charge on any atom is -0.467 e. The maximum atomic E-state index is 12.0. The molecule has 2 N–H and O–H groups in total. The van der Waals surface area contributed by atoms with Gasteiger partial charge in [0.2, 0.25) is 5.91 Å². The van der Waals surface area contributed by atoms with Gasteiger partial charge >= 0.3 is 5.97 Å². The van der Waals surface area contributed by atoms with E-state index < -0.39 is 6.04 Å². The molecule has 1 amide bonds. The summed E-state index contributed by atoms with van der Waals surface area (Å²) in [6.07, 6.45) is 3.60. The fraction of sp³-hybridized carbons (Fsp3) is 0.846. The molecule has 0 aromatic rings. The van der Waals surface area contributed by atoms with E-state index in [2.05, 4.69) is 10.6 Å². The summed E-state index contributed by atoms with van der Waals surface area (Å²) < 4.78 is 4.73. The number of carbonyl (C=O) groups excluding carboxylic acids is 2. The van der Waals surface area contributed by atoms with Crippen molar-refractivity contribution in [2.45, 2.75) is 51.6 Å². The van der Waals surface area contributed by atoms with E-state index in [9.17, 15) is 9.59 Å². The van der Waals surface area contributed by atoms with Gasteiger partial charge in [-0.3, -0.25) is 4.79 Å². The highest BCUT2D eigenvalue weighted by molar-refractivity contribution is 5.87. The molecule has 1 aliphatic rings. The Morgan fingerprint density at radius 1 is 1.39 bits per heavy atom. The average molecular weight is 256 g/mol. The van der Waals surface area contributed by atoms with E-state index in [4.69, 9.17) is 4.74 Å². The third-order valence-electron chi connectivity index (χ3n) is 3.14. The second kappa shape index (κ2) is 7.36. The summed E-state index contributed by atoms with van der Waals surface area (Å²) in [5, 5.41) is 5.96. The van der Waals surface area contributed by atoms with Gasteiger partial charge in [0, 0.05) is 0 Å².